The standard InChI is InChI=1S/C19H26N2O6/c1-3-4-13(2)17(25)20(18(26)27)14-5-7-15(8-6-14)21-16(24)9-10-19(21,11-22)12-23/h5-8,13,22-23H,3-4,9-12H2,1-2H3,(H,26,27). The first-order valence-corrected chi connectivity index (χ1v) is 9.03. The molecule has 0 aromatic heterocycles. The highest BCUT2D eigenvalue weighted by atomic mass is 16.4. The Labute approximate surface area is 158 Å². The van der Waals surface area contributed by atoms with Gasteiger partial charge in [-0.2, -0.15) is 0 Å². The SMILES string of the molecule is CCCC(C)C(=O)N(C(=O)O)c1ccc(N2C(=O)CCC2(CO)CO)cc1. The van der Waals surface area contributed by atoms with Crippen LogP contribution in [0.2, 0.25) is 0 Å². The number of aliphatic hydroxyl groups is 2. The number of carbonyl (C=O) groups is 3. The lowest BCUT2D eigenvalue weighted by molar-refractivity contribution is -0.121. The number of rotatable bonds is 7. The molecule has 0 spiro atoms. The van der Waals surface area contributed by atoms with Crippen molar-refractivity contribution >= 4 is 29.3 Å². The smallest absolute Gasteiger partial charge is 0.418 e. The maximum atomic E-state index is 12.5. The van der Waals surface area contributed by atoms with E-state index in [0.29, 0.717) is 23.4 Å². The van der Waals surface area contributed by atoms with Crippen LogP contribution in [0.5, 0.6) is 0 Å². The quantitative estimate of drug-likeness (QED) is 0.668. The minimum Gasteiger partial charge on any atom is -0.464 e. The number of nitrogens with zero attached hydrogens (tertiary/aromatic N) is 2. The van der Waals surface area contributed by atoms with Crippen LogP contribution in [-0.4, -0.2) is 52.0 Å². The van der Waals surface area contributed by atoms with Gasteiger partial charge in [0.1, 0.15) is 0 Å². The van der Waals surface area contributed by atoms with Crippen molar-refractivity contribution in [3.8, 4) is 0 Å². The second kappa shape index (κ2) is 8.49. The van der Waals surface area contributed by atoms with E-state index in [1.165, 1.54) is 29.2 Å². The van der Waals surface area contributed by atoms with Gasteiger partial charge in [0.15, 0.2) is 0 Å². The van der Waals surface area contributed by atoms with Crippen LogP contribution in [0.25, 0.3) is 0 Å². The van der Waals surface area contributed by atoms with Gasteiger partial charge in [-0.25, -0.2) is 9.69 Å². The van der Waals surface area contributed by atoms with E-state index in [9.17, 15) is 29.7 Å². The maximum absolute atomic E-state index is 12.5. The van der Waals surface area contributed by atoms with Gasteiger partial charge in [-0.1, -0.05) is 20.3 Å². The number of carboxylic acid groups (broad SMARTS) is 1. The summed E-state index contributed by atoms with van der Waals surface area (Å²) in [5.41, 5.74) is -0.454. The van der Waals surface area contributed by atoms with Crippen LogP contribution in [0.3, 0.4) is 0 Å². The second-order valence-electron chi connectivity index (χ2n) is 6.93. The van der Waals surface area contributed by atoms with Crippen LogP contribution in [0, 0.1) is 5.92 Å². The van der Waals surface area contributed by atoms with Gasteiger partial charge in [-0.15, -0.1) is 0 Å². The van der Waals surface area contributed by atoms with Gasteiger partial charge in [0.25, 0.3) is 0 Å². The fraction of sp³-hybridized carbons (Fsp3) is 0.526. The molecule has 1 atom stereocenters. The van der Waals surface area contributed by atoms with E-state index in [4.69, 9.17) is 0 Å². The lowest BCUT2D eigenvalue weighted by Gasteiger charge is -2.35. The zero-order valence-electron chi connectivity index (χ0n) is 15.6. The third-order valence-corrected chi connectivity index (χ3v) is 5.04. The summed E-state index contributed by atoms with van der Waals surface area (Å²) in [4.78, 5) is 38.4. The van der Waals surface area contributed by atoms with Gasteiger partial charge >= 0.3 is 6.09 Å². The number of hydrogen-bond donors (Lipinski definition) is 3. The molecule has 1 saturated heterocycles. The molecule has 1 heterocycles. The van der Waals surface area contributed by atoms with E-state index in [-0.39, 0.29) is 31.2 Å². The van der Waals surface area contributed by atoms with Gasteiger partial charge in [-0.3, -0.25) is 9.59 Å². The normalized spacial score (nSPS) is 17.0. The largest absolute Gasteiger partial charge is 0.464 e. The topological polar surface area (TPSA) is 118 Å². The Bertz CT molecular complexity index is 699. The van der Waals surface area contributed by atoms with Crippen LogP contribution < -0.4 is 9.80 Å². The van der Waals surface area contributed by atoms with Crippen LogP contribution in [0.15, 0.2) is 24.3 Å². The van der Waals surface area contributed by atoms with Crippen LogP contribution in [0.1, 0.15) is 39.5 Å². The molecule has 0 saturated carbocycles. The third-order valence-electron chi connectivity index (χ3n) is 5.04. The van der Waals surface area contributed by atoms with Crippen molar-refractivity contribution < 1.29 is 29.7 Å². The number of benzene rings is 1. The molecular weight excluding hydrogens is 352 g/mol. The van der Waals surface area contributed by atoms with E-state index in [1.807, 2.05) is 6.92 Å². The van der Waals surface area contributed by atoms with E-state index >= 15 is 0 Å². The predicted octanol–water partition coefficient (Wildman–Crippen LogP) is 1.98. The third kappa shape index (κ3) is 3.96. The van der Waals surface area contributed by atoms with Gasteiger partial charge in [0.2, 0.25) is 11.8 Å². The zero-order valence-corrected chi connectivity index (χ0v) is 15.6. The minimum absolute atomic E-state index is 0.185. The molecule has 0 bridgehead atoms. The monoisotopic (exact) mass is 378 g/mol. The Morgan fingerprint density at radius 3 is 2.30 bits per heavy atom. The summed E-state index contributed by atoms with van der Waals surface area (Å²) in [5, 5.41) is 28.8. The molecule has 8 heteroatoms. The molecule has 1 aromatic rings. The van der Waals surface area contributed by atoms with Crippen molar-refractivity contribution in [2.45, 2.75) is 45.1 Å². The highest BCUT2D eigenvalue weighted by molar-refractivity contribution is 6.12. The highest BCUT2D eigenvalue weighted by Gasteiger charge is 2.45. The molecule has 0 radical (unpaired) electrons. The maximum Gasteiger partial charge on any atom is 0.418 e. The molecule has 148 valence electrons. The first-order chi connectivity index (χ1) is 12.8. The molecule has 27 heavy (non-hydrogen) atoms. The Morgan fingerprint density at radius 2 is 1.81 bits per heavy atom. The fourth-order valence-electron chi connectivity index (χ4n) is 3.45. The average molecular weight is 378 g/mol. The van der Waals surface area contributed by atoms with Gasteiger partial charge in [0, 0.05) is 18.0 Å². The zero-order chi connectivity index (χ0) is 20.2. The summed E-state index contributed by atoms with van der Waals surface area (Å²) in [7, 11) is 0. The second-order valence-corrected chi connectivity index (χ2v) is 6.93. The Morgan fingerprint density at radius 1 is 1.22 bits per heavy atom. The highest BCUT2D eigenvalue weighted by Crippen LogP contribution is 2.35. The first kappa shape index (κ1) is 20.9. The number of anilines is 2. The number of aliphatic hydroxyl groups excluding tert-OH is 2. The minimum atomic E-state index is -1.37. The Kier molecular flexibility index (Phi) is 6.56. The summed E-state index contributed by atoms with van der Waals surface area (Å²) in [6, 6.07) is 5.94. The molecule has 1 fully saturated rings. The van der Waals surface area contributed by atoms with Crippen molar-refractivity contribution in [2.24, 2.45) is 5.92 Å². The van der Waals surface area contributed by atoms with Crippen LogP contribution >= 0.6 is 0 Å². The molecule has 0 aliphatic carbocycles. The summed E-state index contributed by atoms with van der Waals surface area (Å²) >= 11 is 0. The van der Waals surface area contributed by atoms with Crippen molar-refractivity contribution in [3.63, 3.8) is 0 Å². The molecule has 2 rings (SSSR count). The van der Waals surface area contributed by atoms with Crippen molar-refractivity contribution in [3.05, 3.63) is 24.3 Å². The van der Waals surface area contributed by atoms with E-state index in [1.54, 1.807) is 6.92 Å². The van der Waals surface area contributed by atoms with Crippen molar-refractivity contribution in [1.29, 1.82) is 0 Å². The summed E-state index contributed by atoms with van der Waals surface area (Å²) < 4.78 is 0. The number of amides is 3. The molecule has 1 aliphatic rings. The predicted molar refractivity (Wildman–Crippen MR) is 99.6 cm³/mol. The van der Waals surface area contributed by atoms with Gasteiger partial charge in [-0.05, 0) is 37.1 Å². The van der Waals surface area contributed by atoms with Gasteiger partial charge in [0.05, 0.1) is 24.4 Å². The van der Waals surface area contributed by atoms with Crippen LogP contribution in [0.4, 0.5) is 16.2 Å². The number of carbonyl (C=O) groups excluding carboxylic acids is 2. The van der Waals surface area contributed by atoms with E-state index in [0.717, 1.165) is 6.42 Å². The number of hydrogen-bond acceptors (Lipinski definition) is 5. The Balaban J connectivity index is 2.33. The van der Waals surface area contributed by atoms with E-state index in [2.05, 4.69) is 0 Å². The van der Waals surface area contributed by atoms with Crippen molar-refractivity contribution in [2.75, 3.05) is 23.0 Å². The molecule has 1 aromatic carbocycles. The fourth-order valence-corrected chi connectivity index (χ4v) is 3.45. The lowest BCUT2D eigenvalue weighted by atomic mass is 9.98. The summed E-state index contributed by atoms with van der Waals surface area (Å²) in [6.07, 6.45) is 0.513. The summed E-state index contributed by atoms with van der Waals surface area (Å²) in [6.45, 7) is 2.84. The van der Waals surface area contributed by atoms with Gasteiger partial charge < -0.3 is 20.2 Å². The first-order valence-electron chi connectivity index (χ1n) is 9.03. The molecule has 3 amide bonds. The molecule has 1 aliphatic heterocycles. The molecule has 3 N–H and O–H groups in total. The van der Waals surface area contributed by atoms with Crippen LogP contribution in [-0.2, 0) is 9.59 Å². The average Bonchev–Trinajstić information content (AvgIpc) is 2.99. The van der Waals surface area contributed by atoms with Crippen molar-refractivity contribution in [1.82, 2.24) is 0 Å². The lowest BCUT2D eigenvalue weighted by Crippen LogP contribution is -2.52. The van der Waals surface area contributed by atoms with E-state index < -0.39 is 23.5 Å². The molecule has 8 nitrogen and oxygen atoms in total. The Hall–Kier alpha value is -2.45. The summed E-state index contributed by atoms with van der Waals surface area (Å²) in [5.74, 6) is -1.16. The number of imide groups is 1. The molecular formula is C19H26N2O6. The molecule has 1 unspecified atom stereocenters.